The van der Waals surface area contributed by atoms with Crippen molar-refractivity contribution in [3.63, 3.8) is 0 Å². The van der Waals surface area contributed by atoms with Gasteiger partial charge in [0.25, 0.3) is 5.91 Å². The van der Waals surface area contributed by atoms with Crippen LogP contribution in [0.25, 0.3) is 0 Å². The van der Waals surface area contributed by atoms with Crippen LogP contribution in [0.15, 0.2) is 42.5 Å². The van der Waals surface area contributed by atoms with Gasteiger partial charge in [0.2, 0.25) is 0 Å². The van der Waals surface area contributed by atoms with Crippen LogP contribution in [-0.4, -0.2) is 16.8 Å². The molecule has 1 amide bonds. The highest BCUT2D eigenvalue weighted by atomic mass is 35.5. The molecule has 1 heterocycles. The number of carbonyl (C=O) groups excluding carboxylic acids is 2. The molecule has 2 aromatic rings. The number of hydrogen-bond acceptors (Lipinski definition) is 3. The van der Waals surface area contributed by atoms with E-state index in [9.17, 15) is 14.7 Å². The summed E-state index contributed by atoms with van der Waals surface area (Å²) < 4.78 is 0. The van der Waals surface area contributed by atoms with Gasteiger partial charge in [-0.25, -0.2) is 0 Å². The average molecular weight is 316 g/mol. The molecule has 0 saturated heterocycles. The third kappa shape index (κ3) is 2.30. The van der Waals surface area contributed by atoms with Crippen molar-refractivity contribution in [2.24, 2.45) is 0 Å². The molecule has 112 valence electrons. The first-order chi connectivity index (χ1) is 10.4. The van der Waals surface area contributed by atoms with Gasteiger partial charge in [0.15, 0.2) is 11.4 Å². The third-order valence-corrected chi connectivity index (χ3v) is 4.16. The van der Waals surface area contributed by atoms with Crippen LogP contribution in [0.1, 0.15) is 27.9 Å². The number of aryl methyl sites for hydroxylation is 1. The highest BCUT2D eigenvalue weighted by molar-refractivity contribution is 6.34. The Hall–Kier alpha value is -2.17. The summed E-state index contributed by atoms with van der Waals surface area (Å²) in [6.07, 6.45) is -0.348. The lowest BCUT2D eigenvalue weighted by atomic mass is 9.87. The number of aliphatic hydroxyl groups is 1. The van der Waals surface area contributed by atoms with Crippen molar-refractivity contribution in [3.05, 3.63) is 64.2 Å². The summed E-state index contributed by atoms with van der Waals surface area (Å²) in [5, 5.41) is 13.7. The van der Waals surface area contributed by atoms with Gasteiger partial charge >= 0.3 is 0 Å². The highest BCUT2D eigenvalue weighted by Gasteiger charge is 2.46. The number of halogens is 1. The van der Waals surface area contributed by atoms with Crippen molar-refractivity contribution in [1.29, 1.82) is 0 Å². The lowest BCUT2D eigenvalue weighted by Gasteiger charge is -2.20. The normalized spacial score (nSPS) is 19.7. The first kappa shape index (κ1) is 14.8. The minimum Gasteiger partial charge on any atom is -0.375 e. The molecule has 3 rings (SSSR count). The fourth-order valence-electron chi connectivity index (χ4n) is 2.65. The molecule has 5 heteroatoms. The number of hydrogen-bond donors (Lipinski definition) is 2. The molecule has 0 fully saturated rings. The molecular formula is C17H14ClNO3. The number of rotatable bonds is 3. The van der Waals surface area contributed by atoms with Gasteiger partial charge in [-0.1, -0.05) is 41.4 Å². The molecule has 1 unspecified atom stereocenters. The van der Waals surface area contributed by atoms with E-state index in [-0.39, 0.29) is 12.2 Å². The summed E-state index contributed by atoms with van der Waals surface area (Å²) in [6, 6.07) is 11.9. The molecule has 0 spiro atoms. The summed E-state index contributed by atoms with van der Waals surface area (Å²) in [5.41, 5.74) is 0.297. The summed E-state index contributed by atoms with van der Waals surface area (Å²) in [7, 11) is 0. The lowest BCUT2D eigenvalue weighted by Crippen LogP contribution is -2.36. The van der Waals surface area contributed by atoms with E-state index in [0.29, 0.717) is 21.8 Å². The maximum Gasteiger partial charge on any atom is 0.261 e. The Labute approximate surface area is 132 Å². The van der Waals surface area contributed by atoms with E-state index in [4.69, 9.17) is 11.6 Å². The maximum atomic E-state index is 12.4. The van der Waals surface area contributed by atoms with Gasteiger partial charge in [-0.15, -0.1) is 0 Å². The fourth-order valence-corrected chi connectivity index (χ4v) is 2.89. The van der Waals surface area contributed by atoms with Gasteiger partial charge in [-0.2, -0.15) is 0 Å². The molecule has 2 aromatic carbocycles. The smallest absolute Gasteiger partial charge is 0.261 e. The highest BCUT2D eigenvalue weighted by Crippen LogP contribution is 2.39. The molecule has 4 nitrogen and oxygen atoms in total. The standard InChI is InChI=1S/C17H14ClNO3/c1-10-6-7-14-12(8-10)17(22,16(21)19-14)9-15(20)11-4-2-3-5-13(11)18/h2-8,22H,9H2,1H3,(H,19,21). The van der Waals surface area contributed by atoms with E-state index >= 15 is 0 Å². The second kappa shape index (κ2) is 5.23. The van der Waals surface area contributed by atoms with E-state index in [1.165, 1.54) is 0 Å². The molecule has 0 radical (unpaired) electrons. The molecule has 0 aromatic heterocycles. The van der Waals surface area contributed by atoms with Gasteiger partial charge in [0.05, 0.1) is 11.4 Å². The van der Waals surface area contributed by atoms with Crippen LogP contribution in [0.5, 0.6) is 0 Å². The van der Waals surface area contributed by atoms with Gasteiger partial charge in [0.1, 0.15) is 0 Å². The lowest BCUT2D eigenvalue weighted by molar-refractivity contribution is -0.133. The molecule has 0 aliphatic carbocycles. The van der Waals surface area contributed by atoms with Crippen molar-refractivity contribution in [2.75, 3.05) is 5.32 Å². The number of ketones is 1. The Bertz CT molecular complexity index is 787. The van der Waals surface area contributed by atoms with E-state index < -0.39 is 11.5 Å². The van der Waals surface area contributed by atoms with Gasteiger partial charge < -0.3 is 10.4 Å². The monoisotopic (exact) mass is 315 g/mol. The van der Waals surface area contributed by atoms with Crippen LogP contribution in [0.2, 0.25) is 5.02 Å². The van der Waals surface area contributed by atoms with Crippen LogP contribution in [0.3, 0.4) is 0 Å². The summed E-state index contributed by atoms with van der Waals surface area (Å²) >= 11 is 6.01. The zero-order valence-electron chi connectivity index (χ0n) is 11.9. The number of nitrogens with one attached hydrogen (secondary N) is 1. The summed E-state index contributed by atoms with van der Waals surface area (Å²) in [5.74, 6) is -0.967. The van der Waals surface area contributed by atoms with Gasteiger partial charge in [-0.3, -0.25) is 9.59 Å². The van der Waals surface area contributed by atoms with Crippen molar-refractivity contribution >= 4 is 29.0 Å². The quantitative estimate of drug-likeness (QED) is 0.855. The Morgan fingerprint density at radius 2 is 2.00 bits per heavy atom. The molecule has 22 heavy (non-hydrogen) atoms. The minimum absolute atomic E-state index is 0.298. The van der Waals surface area contributed by atoms with E-state index in [2.05, 4.69) is 5.32 Å². The molecule has 0 saturated carbocycles. The van der Waals surface area contributed by atoms with Crippen LogP contribution in [-0.2, 0) is 10.4 Å². The molecule has 1 aliphatic heterocycles. The molecule has 1 atom stereocenters. The SMILES string of the molecule is Cc1ccc2c(c1)C(O)(CC(=O)c1ccccc1Cl)C(=O)N2. The van der Waals surface area contributed by atoms with Gasteiger partial charge in [-0.05, 0) is 25.1 Å². The minimum atomic E-state index is -1.86. The zero-order valence-corrected chi connectivity index (χ0v) is 12.6. The Kier molecular flexibility index (Phi) is 3.51. The zero-order chi connectivity index (χ0) is 15.9. The third-order valence-electron chi connectivity index (χ3n) is 3.84. The summed E-state index contributed by atoms with van der Waals surface area (Å²) in [6.45, 7) is 1.86. The number of Topliss-reactive ketones (excluding diaryl/α,β-unsaturated/α-hetero) is 1. The first-order valence-corrected chi connectivity index (χ1v) is 7.22. The Morgan fingerprint density at radius 1 is 1.27 bits per heavy atom. The van der Waals surface area contributed by atoms with Crippen LogP contribution in [0, 0.1) is 6.92 Å². The summed E-state index contributed by atoms with van der Waals surface area (Å²) in [4.78, 5) is 24.6. The molecule has 2 N–H and O–H groups in total. The number of anilines is 1. The first-order valence-electron chi connectivity index (χ1n) is 6.84. The number of benzene rings is 2. The molecule has 1 aliphatic rings. The van der Waals surface area contributed by atoms with Crippen molar-refractivity contribution in [3.8, 4) is 0 Å². The average Bonchev–Trinajstić information content (AvgIpc) is 2.71. The molecular weight excluding hydrogens is 302 g/mol. The number of amides is 1. The second-order valence-electron chi connectivity index (χ2n) is 5.44. The number of fused-ring (bicyclic) bond motifs is 1. The largest absolute Gasteiger partial charge is 0.375 e. The molecule has 0 bridgehead atoms. The van der Waals surface area contributed by atoms with Crippen LogP contribution in [0.4, 0.5) is 5.69 Å². The van der Waals surface area contributed by atoms with E-state index in [1.54, 1.807) is 36.4 Å². The topological polar surface area (TPSA) is 66.4 Å². The van der Waals surface area contributed by atoms with Crippen LogP contribution >= 0.6 is 11.6 Å². The van der Waals surface area contributed by atoms with Crippen molar-refractivity contribution in [2.45, 2.75) is 18.9 Å². The predicted molar refractivity (Wildman–Crippen MR) is 84.1 cm³/mol. The van der Waals surface area contributed by atoms with Crippen molar-refractivity contribution in [1.82, 2.24) is 0 Å². The van der Waals surface area contributed by atoms with E-state index in [0.717, 1.165) is 5.56 Å². The fraction of sp³-hybridized carbons (Fsp3) is 0.176. The van der Waals surface area contributed by atoms with Gasteiger partial charge in [0, 0.05) is 16.8 Å². The van der Waals surface area contributed by atoms with E-state index in [1.807, 2.05) is 13.0 Å². The maximum absolute atomic E-state index is 12.4. The Balaban J connectivity index is 1.98. The second-order valence-corrected chi connectivity index (χ2v) is 5.85. The predicted octanol–water partition coefficient (Wildman–Crippen LogP) is 3.06. The van der Waals surface area contributed by atoms with Crippen molar-refractivity contribution < 1.29 is 14.7 Å². The Morgan fingerprint density at radius 3 is 2.73 bits per heavy atom. The van der Waals surface area contributed by atoms with Crippen LogP contribution < -0.4 is 5.32 Å². The number of carbonyl (C=O) groups is 2.